The maximum Gasteiger partial charge on any atom is 0.185 e. The van der Waals surface area contributed by atoms with Crippen LogP contribution >= 0.6 is 0 Å². The summed E-state index contributed by atoms with van der Waals surface area (Å²) in [6.07, 6.45) is 5.96. The molecule has 1 aliphatic carbocycles. The van der Waals surface area contributed by atoms with Crippen LogP contribution in [0.4, 0.5) is 0 Å². The maximum atomic E-state index is 13.4. The number of carbonyl (C=O) groups excluding carboxylic acids is 1. The quantitative estimate of drug-likeness (QED) is 0.291. The number of benzene rings is 4. The molecule has 4 aromatic carbocycles. The average Bonchev–Trinajstić information content (AvgIpc) is 2.90. The molecular weight excluding hydrogens is 412 g/mol. The third-order valence-electron chi connectivity index (χ3n) is 6.63. The summed E-state index contributed by atoms with van der Waals surface area (Å²) in [4.78, 5) is 13.4. The van der Waals surface area contributed by atoms with E-state index in [9.17, 15) is 4.79 Å². The Morgan fingerprint density at radius 1 is 0.588 bits per heavy atom. The molecule has 0 saturated heterocycles. The number of Topliss-reactive ketones (excluding diaryl/α,β-unsaturated/α-hetero) is 1. The van der Waals surface area contributed by atoms with E-state index >= 15 is 0 Å². The van der Waals surface area contributed by atoms with Gasteiger partial charge in [0.15, 0.2) is 5.78 Å². The number of hydrogen-bond donors (Lipinski definition) is 0. The zero-order valence-electron chi connectivity index (χ0n) is 19.4. The highest BCUT2D eigenvalue weighted by Crippen LogP contribution is 2.33. The monoisotopic (exact) mass is 440 g/mol. The summed E-state index contributed by atoms with van der Waals surface area (Å²) in [6.45, 7) is 2.16. The van der Waals surface area contributed by atoms with E-state index in [2.05, 4.69) is 116 Å². The molecule has 1 heteroatoms. The summed E-state index contributed by atoms with van der Waals surface area (Å²) in [5.74, 6) is 0.442. The molecule has 4 aromatic rings. The second kappa shape index (κ2) is 9.89. The molecule has 5 rings (SSSR count). The first kappa shape index (κ1) is 21.9. The molecule has 166 valence electrons. The van der Waals surface area contributed by atoms with Crippen LogP contribution in [0, 0.1) is 5.92 Å². The molecule has 0 aromatic heterocycles. The van der Waals surface area contributed by atoms with Gasteiger partial charge in [-0.05, 0) is 64.3 Å². The summed E-state index contributed by atoms with van der Waals surface area (Å²) in [6, 6.07) is 37.7. The van der Waals surface area contributed by atoms with Crippen molar-refractivity contribution in [3.8, 4) is 22.3 Å². The van der Waals surface area contributed by atoms with Gasteiger partial charge in [-0.25, -0.2) is 0 Å². The fourth-order valence-corrected chi connectivity index (χ4v) is 4.58. The molecule has 0 amide bonds. The Hall–Kier alpha value is -3.97. The molecule has 1 saturated carbocycles. The highest BCUT2D eigenvalue weighted by Gasteiger charge is 2.26. The predicted molar refractivity (Wildman–Crippen MR) is 143 cm³/mol. The van der Waals surface area contributed by atoms with Crippen molar-refractivity contribution in [2.75, 3.05) is 0 Å². The lowest BCUT2D eigenvalue weighted by atomic mass is 9.80. The first-order valence-electron chi connectivity index (χ1n) is 12.0. The molecule has 0 bridgehead atoms. The van der Waals surface area contributed by atoms with Gasteiger partial charge in [-0.2, -0.15) is 0 Å². The standard InChI is InChI=1S/C33H28O/c1-24-12-17-31(22-25-13-18-29(19-14-25)27-8-4-2-5-9-27)33(34)32(24)23-26-15-20-30(21-16-26)28-10-6-3-7-11-28/h2-11,13-16,18-24H,12,17H2,1H3/b31-22+,32-23+. The van der Waals surface area contributed by atoms with Crippen molar-refractivity contribution in [3.63, 3.8) is 0 Å². The van der Waals surface area contributed by atoms with Gasteiger partial charge in [0.25, 0.3) is 0 Å². The summed E-state index contributed by atoms with van der Waals surface area (Å²) < 4.78 is 0. The fraction of sp³-hybridized carbons (Fsp3) is 0.121. The summed E-state index contributed by atoms with van der Waals surface area (Å²) in [5.41, 5.74) is 8.73. The van der Waals surface area contributed by atoms with Gasteiger partial charge in [-0.3, -0.25) is 4.79 Å². The Kier molecular flexibility index (Phi) is 6.35. The molecule has 0 heterocycles. The van der Waals surface area contributed by atoms with E-state index in [0.29, 0.717) is 0 Å². The van der Waals surface area contributed by atoms with E-state index in [1.165, 1.54) is 22.3 Å². The Labute approximate surface area is 202 Å². The molecule has 1 aliphatic rings. The highest BCUT2D eigenvalue weighted by molar-refractivity contribution is 6.14. The van der Waals surface area contributed by atoms with Crippen LogP contribution in [0.1, 0.15) is 30.9 Å². The first-order chi connectivity index (χ1) is 16.7. The van der Waals surface area contributed by atoms with E-state index in [4.69, 9.17) is 0 Å². The van der Waals surface area contributed by atoms with Gasteiger partial charge in [0.2, 0.25) is 0 Å². The van der Waals surface area contributed by atoms with Crippen molar-refractivity contribution >= 4 is 17.9 Å². The number of carbonyl (C=O) groups is 1. The van der Waals surface area contributed by atoms with Crippen LogP contribution in [0.25, 0.3) is 34.4 Å². The van der Waals surface area contributed by atoms with Crippen LogP contribution in [0.3, 0.4) is 0 Å². The maximum absolute atomic E-state index is 13.4. The normalized spacial score (nSPS) is 18.4. The third-order valence-corrected chi connectivity index (χ3v) is 6.63. The minimum Gasteiger partial charge on any atom is -0.289 e. The Balaban J connectivity index is 1.37. The van der Waals surface area contributed by atoms with E-state index < -0.39 is 0 Å². The highest BCUT2D eigenvalue weighted by atomic mass is 16.1. The van der Waals surface area contributed by atoms with Gasteiger partial charge >= 0.3 is 0 Å². The molecule has 1 fully saturated rings. The van der Waals surface area contributed by atoms with E-state index in [1.807, 2.05) is 12.1 Å². The lowest BCUT2D eigenvalue weighted by Gasteiger charge is -2.23. The van der Waals surface area contributed by atoms with Crippen LogP contribution < -0.4 is 0 Å². The van der Waals surface area contributed by atoms with Gasteiger partial charge in [0, 0.05) is 11.1 Å². The van der Waals surface area contributed by atoms with Crippen molar-refractivity contribution in [2.45, 2.75) is 19.8 Å². The number of rotatable bonds is 4. The lowest BCUT2D eigenvalue weighted by molar-refractivity contribution is -0.113. The summed E-state index contributed by atoms with van der Waals surface area (Å²) in [5, 5.41) is 0. The van der Waals surface area contributed by atoms with Gasteiger partial charge in [-0.1, -0.05) is 116 Å². The van der Waals surface area contributed by atoms with Crippen molar-refractivity contribution in [3.05, 3.63) is 131 Å². The number of ketones is 1. The van der Waals surface area contributed by atoms with Gasteiger partial charge in [0.05, 0.1) is 0 Å². The van der Waals surface area contributed by atoms with Crippen LogP contribution in [0.15, 0.2) is 120 Å². The largest absolute Gasteiger partial charge is 0.289 e. The van der Waals surface area contributed by atoms with Crippen LogP contribution in [0.5, 0.6) is 0 Å². The molecule has 0 N–H and O–H groups in total. The van der Waals surface area contributed by atoms with Crippen molar-refractivity contribution in [1.82, 2.24) is 0 Å². The SMILES string of the molecule is CC1CC/C(=C\c2ccc(-c3ccccc3)cc2)C(=O)/C1=C/c1ccc(-c2ccccc2)cc1. The van der Waals surface area contributed by atoms with Crippen LogP contribution in [0.2, 0.25) is 0 Å². The summed E-state index contributed by atoms with van der Waals surface area (Å²) in [7, 11) is 0. The predicted octanol–water partition coefficient (Wildman–Crippen LogP) is 8.49. The lowest BCUT2D eigenvalue weighted by Crippen LogP contribution is -2.19. The molecule has 1 nitrogen and oxygen atoms in total. The first-order valence-corrected chi connectivity index (χ1v) is 12.0. The zero-order valence-corrected chi connectivity index (χ0v) is 19.4. The van der Waals surface area contributed by atoms with E-state index in [-0.39, 0.29) is 11.7 Å². The van der Waals surface area contributed by atoms with Crippen LogP contribution in [-0.4, -0.2) is 5.78 Å². The minimum absolute atomic E-state index is 0.179. The molecule has 0 spiro atoms. The van der Waals surface area contributed by atoms with Gasteiger partial charge in [0.1, 0.15) is 0 Å². The Bertz CT molecular complexity index is 1330. The molecule has 1 unspecified atom stereocenters. The second-order valence-electron chi connectivity index (χ2n) is 9.01. The Morgan fingerprint density at radius 2 is 1.03 bits per heavy atom. The zero-order chi connectivity index (χ0) is 23.3. The van der Waals surface area contributed by atoms with Crippen molar-refractivity contribution in [2.24, 2.45) is 5.92 Å². The molecular formula is C33H28O. The van der Waals surface area contributed by atoms with E-state index in [1.54, 1.807) is 0 Å². The topological polar surface area (TPSA) is 17.1 Å². The molecule has 1 atom stereocenters. The van der Waals surface area contributed by atoms with Crippen molar-refractivity contribution < 1.29 is 4.79 Å². The van der Waals surface area contributed by atoms with E-state index in [0.717, 1.165) is 35.1 Å². The number of hydrogen-bond acceptors (Lipinski definition) is 1. The fourth-order valence-electron chi connectivity index (χ4n) is 4.58. The van der Waals surface area contributed by atoms with Gasteiger partial charge < -0.3 is 0 Å². The summed E-state index contributed by atoms with van der Waals surface area (Å²) >= 11 is 0. The van der Waals surface area contributed by atoms with Gasteiger partial charge in [-0.15, -0.1) is 0 Å². The average molecular weight is 441 g/mol. The smallest absolute Gasteiger partial charge is 0.185 e. The Morgan fingerprint density at radius 3 is 1.53 bits per heavy atom. The number of allylic oxidation sites excluding steroid dienone is 2. The van der Waals surface area contributed by atoms with Crippen molar-refractivity contribution in [1.29, 1.82) is 0 Å². The minimum atomic E-state index is 0.179. The molecule has 0 aliphatic heterocycles. The second-order valence-corrected chi connectivity index (χ2v) is 9.01. The van der Waals surface area contributed by atoms with Crippen LogP contribution in [-0.2, 0) is 4.79 Å². The molecule has 0 radical (unpaired) electrons. The molecule has 34 heavy (non-hydrogen) atoms. The third kappa shape index (κ3) is 4.84.